The average Bonchev–Trinajstić information content (AvgIpc) is 3.75. The highest BCUT2D eigenvalue weighted by Crippen LogP contribution is 2.60. The summed E-state index contributed by atoms with van der Waals surface area (Å²) in [6.07, 6.45) is 2.30. The van der Waals surface area contributed by atoms with Crippen LogP contribution in [0.1, 0.15) is 40.5 Å². The van der Waals surface area contributed by atoms with Crippen LogP contribution in [0.5, 0.6) is 11.5 Å². The van der Waals surface area contributed by atoms with Crippen molar-refractivity contribution >= 4 is 48.8 Å². The topological polar surface area (TPSA) is 130 Å². The number of nitrogens with zero attached hydrogens (tertiary/aromatic N) is 5. The molecule has 5 aromatic rings. The molecule has 0 aliphatic carbocycles. The standard InChI is InChI=1S/C40H40ClN5O6Si/c1-25-37(53(2,3)50)36(18-20-44-24-28(19-21-47)42-43-44)52-40(25)31-22-27(41)14-17-32(31)45(39(40)49)23-26-12-15-29(16-13-26)46-33-9-5-7-11-35(33)51-34-10-6-4-8-30(34)38(46)48/h4-17,22,24-25,36-37,47,50H,18-21,23H2,1-3H3/t25-,36+,37-,40+/m1/s1. The number of carbonyl (C=O) groups is 2. The predicted molar refractivity (Wildman–Crippen MR) is 203 cm³/mol. The van der Waals surface area contributed by atoms with Gasteiger partial charge in [-0.15, -0.1) is 5.10 Å². The van der Waals surface area contributed by atoms with Gasteiger partial charge in [0, 0.05) is 53.5 Å². The fourth-order valence-electron chi connectivity index (χ4n) is 8.41. The minimum atomic E-state index is -2.88. The molecule has 13 heteroatoms. The summed E-state index contributed by atoms with van der Waals surface area (Å²) in [5, 5.41) is 18.1. The molecule has 4 aromatic carbocycles. The van der Waals surface area contributed by atoms with Gasteiger partial charge in [-0.1, -0.05) is 60.1 Å². The molecule has 4 heterocycles. The second kappa shape index (κ2) is 13.5. The van der Waals surface area contributed by atoms with Crippen molar-refractivity contribution < 1.29 is 29.0 Å². The maximum absolute atomic E-state index is 14.9. The summed E-state index contributed by atoms with van der Waals surface area (Å²) in [5.74, 6) is 0.309. The Morgan fingerprint density at radius 2 is 1.68 bits per heavy atom. The van der Waals surface area contributed by atoms with E-state index in [9.17, 15) is 19.5 Å². The monoisotopic (exact) mass is 749 g/mol. The number of aryl methyl sites for hydroxylation is 1. The lowest BCUT2D eigenvalue weighted by Crippen LogP contribution is -2.46. The molecule has 0 bridgehead atoms. The summed E-state index contributed by atoms with van der Waals surface area (Å²) in [6.45, 7) is 6.51. The summed E-state index contributed by atoms with van der Waals surface area (Å²) in [4.78, 5) is 43.9. The number of para-hydroxylation sites is 3. The predicted octanol–water partition coefficient (Wildman–Crippen LogP) is 6.99. The molecule has 3 aliphatic rings. The van der Waals surface area contributed by atoms with Crippen molar-refractivity contribution in [2.24, 2.45) is 5.92 Å². The van der Waals surface area contributed by atoms with Crippen LogP contribution in [0, 0.1) is 5.92 Å². The summed E-state index contributed by atoms with van der Waals surface area (Å²) in [6, 6.07) is 27.7. The Morgan fingerprint density at radius 1 is 0.943 bits per heavy atom. The third-order valence-corrected chi connectivity index (χ3v) is 13.5. The van der Waals surface area contributed by atoms with Crippen LogP contribution in [0.2, 0.25) is 23.7 Å². The van der Waals surface area contributed by atoms with Gasteiger partial charge in [0.05, 0.1) is 35.3 Å². The number of aliphatic hydroxyl groups is 1. The molecule has 4 atom stereocenters. The SMILES string of the molecule is C[C@@H]1[C@@H]([Si](C)(C)O)[C@H](CCn2cc(CCO)nn2)O[C@@]12C(=O)N(Cc1ccc(N3C(=O)c4ccccc4Oc4ccccc43)cc1)c1ccc(Cl)cc12. The number of rotatable bonds is 9. The highest BCUT2D eigenvalue weighted by molar-refractivity contribution is 6.71. The maximum atomic E-state index is 14.9. The maximum Gasteiger partial charge on any atom is 0.266 e. The van der Waals surface area contributed by atoms with Gasteiger partial charge in [0.1, 0.15) is 5.75 Å². The van der Waals surface area contributed by atoms with Crippen molar-refractivity contribution in [2.45, 2.75) is 63.2 Å². The molecule has 0 unspecified atom stereocenters. The van der Waals surface area contributed by atoms with Crippen molar-refractivity contribution in [1.82, 2.24) is 15.0 Å². The van der Waals surface area contributed by atoms with Gasteiger partial charge in [-0.25, -0.2) is 0 Å². The number of hydrogen-bond acceptors (Lipinski definition) is 8. The molecule has 53 heavy (non-hydrogen) atoms. The summed E-state index contributed by atoms with van der Waals surface area (Å²) in [7, 11) is -2.88. The van der Waals surface area contributed by atoms with E-state index in [1.807, 2.05) is 92.8 Å². The number of ether oxygens (including phenoxy) is 2. The second-order valence-corrected chi connectivity index (χ2v) is 18.9. The molecule has 1 saturated heterocycles. The molecule has 2 N–H and O–H groups in total. The second-order valence-electron chi connectivity index (χ2n) is 14.5. The number of halogens is 1. The van der Waals surface area contributed by atoms with Gasteiger partial charge in [0.15, 0.2) is 19.7 Å². The largest absolute Gasteiger partial charge is 0.454 e. The number of hydrogen-bond donors (Lipinski definition) is 2. The zero-order valence-corrected chi connectivity index (χ0v) is 31.4. The van der Waals surface area contributed by atoms with Crippen LogP contribution in [0.3, 0.4) is 0 Å². The minimum absolute atomic E-state index is 0.0152. The fraction of sp³-hybridized carbons (Fsp3) is 0.300. The number of benzene rings is 4. The molecule has 8 rings (SSSR count). The van der Waals surface area contributed by atoms with Crippen molar-refractivity contribution in [3.8, 4) is 11.5 Å². The molecule has 1 fully saturated rings. The van der Waals surface area contributed by atoms with Gasteiger partial charge < -0.3 is 24.3 Å². The number of aromatic nitrogens is 3. The smallest absolute Gasteiger partial charge is 0.266 e. The van der Waals surface area contributed by atoms with E-state index in [-0.39, 0.29) is 36.4 Å². The van der Waals surface area contributed by atoms with E-state index < -0.39 is 20.0 Å². The Balaban J connectivity index is 1.10. The Bertz CT molecular complexity index is 2210. The molecule has 0 saturated carbocycles. The van der Waals surface area contributed by atoms with E-state index in [1.165, 1.54) is 0 Å². The number of aliphatic hydroxyl groups excluding tert-OH is 1. The van der Waals surface area contributed by atoms with Crippen LogP contribution in [-0.2, 0) is 34.6 Å². The first-order valence-corrected chi connectivity index (χ1v) is 21.2. The third-order valence-electron chi connectivity index (χ3n) is 10.7. The van der Waals surface area contributed by atoms with Gasteiger partial charge in [-0.3, -0.25) is 19.2 Å². The lowest BCUT2D eigenvalue weighted by Gasteiger charge is -2.32. The number of carbonyl (C=O) groups excluding carboxylic acids is 2. The molecule has 11 nitrogen and oxygen atoms in total. The Labute approximate surface area is 313 Å². The number of fused-ring (bicyclic) bond motifs is 4. The van der Waals surface area contributed by atoms with E-state index in [4.69, 9.17) is 21.1 Å². The van der Waals surface area contributed by atoms with E-state index in [0.29, 0.717) is 69.8 Å². The normalized spacial score (nSPS) is 22.1. The van der Waals surface area contributed by atoms with Crippen LogP contribution in [0.4, 0.5) is 17.1 Å². The van der Waals surface area contributed by atoms with E-state index in [2.05, 4.69) is 10.3 Å². The number of anilines is 3. The van der Waals surface area contributed by atoms with Crippen molar-refractivity contribution in [3.63, 3.8) is 0 Å². The van der Waals surface area contributed by atoms with Gasteiger partial charge in [-0.2, -0.15) is 0 Å². The number of amides is 2. The Kier molecular flexibility index (Phi) is 8.98. The molecule has 1 spiro atoms. The lowest BCUT2D eigenvalue weighted by molar-refractivity contribution is -0.146. The van der Waals surface area contributed by atoms with Crippen molar-refractivity contribution in [1.29, 1.82) is 0 Å². The Hall–Kier alpha value is -4.85. The van der Waals surface area contributed by atoms with Crippen molar-refractivity contribution in [2.75, 3.05) is 16.4 Å². The van der Waals surface area contributed by atoms with E-state index in [1.54, 1.807) is 38.9 Å². The first kappa shape index (κ1) is 35.2. The average molecular weight is 750 g/mol. The fourth-order valence-corrected chi connectivity index (χ4v) is 11.2. The lowest BCUT2D eigenvalue weighted by atomic mass is 9.82. The molecule has 3 aliphatic heterocycles. The van der Waals surface area contributed by atoms with E-state index in [0.717, 1.165) is 5.56 Å². The van der Waals surface area contributed by atoms with Crippen molar-refractivity contribution in [3.05, 3.63) is 125 Å². The molecule has 272 valence electrons. The summed E-state index contributed by atoms with van der Waals surface area (Å²) >= 11 is 6.60. The molecular formula is C40H40ClN5O6Si. The molecule has 2 amide bonds. The summed E-state index contributed by atoms with van der Waals surface area (Å²) < 4.78 is 14.8. The van der Waals surface area contributed by atoms with Crippen LogP contribution >= 0.6 is 11.6 Å². The van der Waals surface area contributed by atoms with Crippen LogP contribution < -0.4 is 14.5 Å². The zero-order valence-electron chi connectivity index (χ0n) is 29.6. The summed E-state index contributed by atoms with van der Waals surface area (Å²) in [5.41, 5.74) is 3.09. The van der Waals surface area contributed by atoms with Gasteiger partial charge in [0.25, 0.3) is 11.8 Å². The first-order valence-electron chi connectivity index (χ1n) is 17.8. The minimum Gasteiger partial charge on any atom is -0.454 e. The highest BCUT2D eigenvalue weighted by atomic mass is 35.5. The highest BCUT2D eigenvalue weighted by Gasteiger charge is 2.66. The molecular weight excluding hydrogens is 710 g/mol. The molecule has 1 aromatic heterocycles. The quantitative estimate of drug-likeness (QED) is 0.154. The zero-order chi connectivity index (χ0) is 37.1. The van der Waals surface area contributed by atoms with Gasteiger partial charge in [-0.05, 0) is 79.7 Å². The van der Waals surface area contributed by atoms with Crippen LogP contribution in [0.25, 0.3) is 0 Å². The van der Waals surface area contributed by atoms with Gasteiger partial charge in [0.2, 0.25) is 0 Å². The van der Waals surface area contributed by atoms with Crippen LogP contribution in [0.15, 0.2) is 97.2 Å². The van der Waals surface area contributed by atoms with E-state index >= 15 is 0 Å². The third kappa shape index (κ3) is 6.04. The Morgan fingerprint density at radius 3 is 2.43 bits per heavy atom. The molecule has 0 radical (unpaired) electrons. The van der Waals surface area contributed by atoms with Crippen LogP contribution in [-0.4, -0.2) is 57.7 Å². The first-order chi connectivity index (χ1) is 25.5. The van der Waals surface area contributed by atoms with Gasteiger partial charge >= 0.3 is 0 Å².